The van der Waals surface area contributed by atoms with Gasteiger partial charge in [0.1, 0.15) is 4.32 Å². The molecule has 0 saturated carbocycles. The molecule has 2 aromatic rings. The third-order valence-corrected chi connectivity index (χ3v) is 5.40. The van der Waals surface area contributed by atoms with Crippen molar-refractivity contribution in [2.45, 2.75) is 6.92 Å². The molecule has 3 rings (SSSR count). The molecule has 1 saturated heterocycles. The molecule has 1 aliphatic heterocycles. The fraction of sp³-hybridized carbons (Fsp3) is 0.0556. The number of benzene rings is 2. The number of halogens is 2. The quantitative estimate of drug-likeness (QED) is 0.272. The molecule has 5 nitrogen and oxygen atoms in total. The summed E-state index contributed by atoms with van der Waals surface area (Å²) in [6.07, 6.45) is 3.04. The van der Waals surface area contributed by atoms with E-state index in [1.165, 1.54) is 18.0 Å². The second-order valence-electron chi connectivity index (χ2n) is 5.25. The second kappa shape index (κ2) is 9.62. The zero-order chi connectivity index (χ0) is 20.0. The first kappa shape index (κ1) is 21.1. The van der Waals surface area contributed by atoms with Gasteiger partial charge in [-0.2, -0.15) is 5.26 Å². The molecule has 1 fully saturated rings. The molecule has 27 heavy (non-hydrogen) atoms. The zero-order valence-corrected chi connectivity index (χ0v) is 17.2. The standard InChI is InChI=1S/C17H12Cl2N2OS2.CH2N2/c1-9-6-7-11(18)15(14(9)19)20-12-5-3-2-4-10(12)8-13-16(22)21-17(23)24-13;2-1-3/h2-8,20H,1H3,(H,21,22,23);2H2/b13-8+;. The molecule has 0 spiro atoms. The Kier molecular flexibility index (Phi) is 7.51. The number of para-hydroxylation sites is 1. The Morgan fingerprint density at radius 2 is 1.96 bits per heavy atom. The van der Waals surface area contributed by atoms with Crippen LogP contribution >= 0.6 is 47.2 Å². The number of nitrogens with one attached hydrogen (secondary N) is 2. The van der Waals surface area contributed by atoms with E-state index in [4.69, 9.17) is 40.7 Å². The first-order valence-electron chi connectivity index (χ1n) is 7.52. The van der Waals surface area contributed by atoms with Crippen LogP contribution in [0.1, 0.15) is 11.1 Å². The van der Waals surface area contributed by atoms with Gasteiger partial charge in [-0.25, -0.2) is 0 Å². The van der Waals surface area contributed by atoms with E-state index in [1.54, 1.807) is 12.1 Å². The van der Waals surface area contributed by atoms with E-state index < -0.39 is 0 Å². The molecule has 138 valence electrons. The third kappa shape index (κ3) is 5.37. The van der Waals surface area contributed by atoms with Crippen LogP contribution in [0.5, 0.6) is 0 Å². The first-order valence-corrected chi connectivity index (χ1v) is 9.50. The minimum Gasteiger partial charge on any atom is -0.353 e. The van der Waals surface area contributed by atoms with Gasteiger partial charge >= 0.3 is 0 Å². The van der Waals surface area contributed by atoms with Crippen molar-refractivity contribution in [3.63, 3.8) is 0 Å². The van der Waals surface area contributed by atoms with Gasteiger partial charge in [0.05, 0.1) is 20.6 Å². The van der Waals surface area contributed by atoms with E-state index in [-0.39, 0.29) is 5.91 Å². The molecule has 0 aliphatic carbocycles. The predicted octanol–water partition coefficient (Wildman–Crippen LogP) is 4.96. The number of carbonyl (C=O) groups excluding carboxylic acids is 1. The third-order valence-electron chi connectivity index (χ3n) is 3.43. The maximum Gasteiger partial charge on any atom is 0.263 e. The summed E-state index contributed by atoms with van der Waals surface area (Å²) in [7, 11) is 0. The number of hydrogen-bond donors (Lipinski definition) is 3. The lowest BCUT2D eigenvalue weighted by molar-refractivity contribution is -0.115. The molecule has 0 unspecified atom stereocenters. The Hall–Kier alpha value is -2.24. The monoisotopic (exact) mass is 436 g/mol. The van der Waals surface area contributed by atoms with Crippen LogP contribution in [0.4, 0.5) is 11.4 Å². The van der Waals surface area contributed by atoms with Crippen molar-refractivity contribution >= 4 is 74.9 Å². The van der Waals surface area contributed by atoms with Crippen molar-refractivity contribution in [3.8, 4) is 6.19 Å². The van der Waals surface area contributed by atoms with E-state index in [0.717, 1.165) is 16.8 Å². The van der Waals surface area contributed by atoms with Crippen LogP contribution in [-0.2, 0) is 4.79 Å². The minimum absolute atomic E-state index is 0.188. The lowest BCUT2D eigenvalue weighted by atomic mass is 10.1. The van der Waals surface area contributed by atoms with Crippen molar-refractivity contribution in [2.24, 2.45) is 5.73 Å². The molecule has 4 N–H and O–H groups in total. The Bertz CT molecular complexity index is 970. The Morgan fingerprint density at radius 3 is 2.59 bits per heavy atom. The molecule has 0 bridgehead atoms. The highest BCUT2D eigenvalue weighted by atomic mass is 35.5. The molecule has 1 amide bonds. The average molecular weight is 437 g/mol. The fourth-order valence-corrected chi connectivity index (χ4v) is 3.71. The van der Waals surface area contributed by atoms with Crippen LogP contribution in [0.15, 0.2) is 41.3 Å². The number of nitrogens with zero attached hydrogens (tertiary/aromatic N) is 1. The number of aryl methyl sites for hydroxylation is 1. The molecule has 0 radical (unpaired) electrons. The first-order chi connectivity index (χ1) is 12.9. The second-order valence-corrected chi connectivity index (χ2v) is 7.75. The summed E-state index contributed by atoms with van der Waals surface area (Å²) in [5.41, 5.74) is 7.36. The smallest absolute Gasteiger partial charge is 0.263 e. The van der Waals surface area contributed by atoms with Gasteiger partial charge in [0, 0.05) is 5.69 Å². The Balaban J connectivity index is 0.000000817. The maximum atomic E-state index is 11.9. The van der Waals surface area contributed by atoms with Crippen LogP contribution in [0.25, 0.3) is 6.08 Å². The van der Waals surface area contributed by atoms with Gasteiger partial charge in [0.25, 0.3) is 5.91 Å². The number of hydrogen-bond acceptors (Lipinski definition) is 6. The van der Waals surface area contributed by atoms with Crippen LogP contribution in [-0.4, -0.2) is 10.2 Å². The Morgan fingerprint density at radius 1 is 1.30 bits per heavy atom. The van der Waals surface area contributed by atoms with E-state index in [2.05, 4.69) is 16.4 Å². The predicted molar refractivity (Wildman–Crippen MR) is 117 cm³/mol. The molecule has 2 aromatic carbocycles. The van der Waals surface area contributed by atoms with E-state index in [1.807, 2.05) is 37.3 Å². The molecular weight excluding hydrogens is 423 g/mol. The maximum absolute atomic E-state index is 11.9. The van der Waals surface area contributed by atoms with Gasteiger partial charge in [-0.1, -0.05) is 71.4 Å². The molecule has 1 aliphatic rings. The van der Waals surface area contributed by atoms with E-state index >= 15 is 0 Å². The summed E-state index contributed by atoms with van der Waals surface area (Å²) in [5.74, 6) is -0.188. The molecule has 1 heterocycles. The summed E-state index contributed by atoms with van der Waals surface area (Å²) in [5, 5.41) is 14.1. The average Bonchev–Trinajstić information content (AvgIpc) is 2.94. The number of amides is 1. The van der Waals surface area contributed by atoms with Crippen LogP contribution in [0.2, 0.25) is 10.0 Å². The van der Waals surface area contributed by atoms with Crippen LogP contribution in [0.3, 0.4) is 0 Å². The highest BCUT2D eigenvalue weighted by molar-refractivity contribution is 8.26. The van der Waals surface area contributed by atoms with Gasteiger partial charge in [-0.3, -0.25) is 4.79 Å². The molecule has 0 aromatic heterocycles. The summed E-state index contributed by atoms with van der Waals surface area (Å²) < 4.78 is 0.460. The SMILES string of the molecule is Cc1ccc(Cl)c(Nc2ccccc2/C=C2/SC(=S)NC2=O)c1Cl.N#CN. The summed E-state index contributed by atoms with van der Waals surface area (Å²) >= 11 is 18.9. The molecule has 9 heteroatoms. The van der Waals surface area contributed by atoms with Gasteiger partial charge < -0.3 is 16.4 Å². The fourth-order valence-electron chi connectivity index (χ4n) is 2.20. The summed E-state index contributed by atoms with van der Waals surface area (Å²) in [6, 6.07) is 11.3. The number of thiocarbonyl (C=S) groups is 1. The number of thioether (sulfide) groups is 1. The van der Waals surface area contributed by atoms with E-state index in [0.29, 0.717) is 25.0 Å². The van der Waals surface area contributed by atoms with Gasteiger partial charge in [-0.15, -0.1) is 0 Å². The molecule has 0 atom stereocenters. The van der Waals surface area contributed by atoms with Crippen molar-refractivity contribution < 1.29 is 4.79 Å². The summed E-state index contributed by atoms with van der Waals surface area (Å²) in [6.45, 7) is 1.91. The zero-order valence-electron chi connectivity index (χ0n) is 14.0. The van der Waals surface area contributed by atoms with Crippen LogP contribution in [0, 0.1) is 18.4 Å². The summed E-state index contributed by atoms with van der Waals surface area (Å²) in [4.78, 5) is 12.4. The largest absolute Gasteiger partial charge is 0.353 e. The lowest BCUT2D eigenvalue weighted by Crippen LogP contribution is -2.17. The number of nitrogens with two attached hydrogens (primary N) is 1. The number of carbonyl (C=O) groups is 1. The van der Waals surface area contributed by atoms with Gasteiger partial charge in [-0.05, 0) is 36.3 Å². The topological polar surface area (TPSA) is 90.9 Å². The minimum atomic E-state index is -0.188. The highest BCUT2D eigenvalue weighted by Gasteiger charge is 2.22. The van der Waals surface area contributed by atoms with E-state index in [9.17, 15) is 4.79 Å². The lowest BCUT2D eigenvalue weighted by Gasteiger charge is -2.14. The normalized spacial score (nSPS) is 14.2. The van der Waals surface area contributed by atoms with Crippen LogP contribution < -0.4 is 16.4 Å². The highest BCUT2D eigenvalue weighted by Crippen LogP contribution is 2.37. The van der Waals surface area contributed by atoms with Crippen molar-refractivity contribution in [1.82, 2.24) is 5.32 Å². The van der Waals surface area contributed by atoms with Gasteiger partial charge in [0.2, 0.25) is 0 Å². The number of anilines is 2. The molecular formula is C18H14Cl2N4OS2. The van der Waals surface area contributed by atoms with Crippen molar-refractivity contribution in [2.75, 3.05) is 5.32 Å². The Labute approximate surface area is 176 Å². The van der Waals surface area contributed by atoms with Gasteiger partial charge in [0.15, 0.2) is 6.19 Å². The van der Waals surface area contributed by atoms with Crippen molar-refractivity contribution in [3.05, 3.63) is 62.5 Å². The van der Waals surface area contributed by atoms with Crippen molar-refractivity contribution in [1.29, 1.82) is 5.26 Å². The number of rotatable bonds is 3. The number of nitriles is 1.